The Balaban J connectivity index is 0.000000302. The van der Waals surface area contributed by atoms with Crippen LogP contribution in [0.25, 0.3) is 10.8 Å². The van der Waals surface area contributed by atoms with E-state index in [1.54, 1.807) is 11.8 Å². The smallest absolute Gasteiger partial charge is 0.416 e. The molecule has 0 saturated heterocycles. The van der Waals surface area contributed by atoms with Crippen molar-refractivity contribution in [3.63, 3.8) is 0 Å². The second-order valence-electron chi connectivity index (χ2n) is 10.7. The number of hydrogen-bond donors (Lipinski definition) is 0. The third kappa shape index (κ3) is 10.8. The lowest BCUT2D eigenvalue weighted by Gasteiger charge is -2.23. The van der Waals surface area contributed by atoms with E-state index in [2.05, 4.69) is 0 Å². The SMILES string of the molecule is CCN(CC)C(=O)C(C)Oc1cccc2ccccc12.CCOC(=O)C(C)OC(=O)c1cc(Oc2ccc(C(F)(F)F)cc2Cl)ccc1[N+](=O)[O-]. The van der Waals surface area contributed by atoms with Gasteiger partial charge < -0.3 is 23.8 Å². The fourth-order valence-electron chi connectivity index (χ4n) is 4.65. The van der Waals surface area contributed by atoms with Crippen molar-refractivity contribution in [3.05, 3.63) is 105 Å². The van der Waals surface area contributed by atoms with E-state index in [0.29, 0.717) is 19.2 Å². The highest BCUT2D eigenvalue weighted by molar-refractivity contribution is 6.32. The van der Waals surface area contributed by atoms with E-state index in [-0.39, 0.29) is 29.0 Å². The monoisotopic (exact) mass is 732 g/mol. The molecule has 15 heteroatoms. The number of halogens is 4. The summed E-state index contributed by atoms with van der Waals surface area (Å²) >= 11 is 5.83. The summed E-state index contributed by atoms with van der Waals surface area (Å²) in [6, 6.07) is 19.3. The minimum Gasteiger partial charge on any atom is -0.480 e. The zero-order chi connectivity index (χ0) is 37.9. The van der Waals surface area contributed by atoms with E-state index in [0.717, 1.165) is 46.9 Å². The normalized spacial score (nSPS) is 12.1. The highest BCUT2D eigenvalue weighted by atomic mass is 35.5. The average Bonchev–Trinajstić information content (AvgIpc) is 3.09. The van der Waals surface area contributed by atoms with Crippen molar-refractivity contribution in [3.8, 4) is 17.2 Å². The molecule has 0 radical (unpaired) electrons. The van der Waals surface area contributed by atoms with Gasteiger partial charge in [-0.1, -0.05) is 48.0 Å². The molecular weight excluding hydrogens is 697 g/mol. The summed E-state index contributed by atoms with van der Waals surface area (Å²) < 4.78 is 59.1. The zero-order valence-corrected chi connectivity index (χ0v) is 29.1. The quantitative estimate of drug-likeness (QED) is 0.0797. The molecule has 0 spiro atoms. The highest BCUT2D eigenvalue weighted by Crippen LogP contribution is 2.37. The van der Waals surface area contributed by atoms with Crippen LogP contribution in [0.5, 0.6) is 17.2 Å². The van der Waals surface area contributed by atoms with Crippen LogP contribution >= 0.6 is 11.6 Å². The molecule has 11 nitrogen and oxygen atoms in total. The maximum Gasteiger partial charge on any atom is 0.416 e. The van der Waals surface area contributed by atoms with E-state index in [1.807, 2.05) is 63.2 Å². The molecule has 0 saturated carbocycles. The van der Waals surface area contributed by atoms with Gasteiger partial charge >= 0.3 is 18.1 Å². The first kappa shape index (κ1) is 40.1. The third-order valence-electron chi connectivity index (χ3n) is 7.25. The lowest BCUT2D eigenvalue weighted by atomic mass is 10.1. The molecule has 4 rings (SSSR count). The van der Waals surface area contributed by atoms with Crippen LogP contribution in [0, 0.1) is 10.1 Å². The first-order chi connectivity index (χ1) is 24.1. The number of amides is 1. The number of benzene rings is 4. The summed E-state index contributed by atoms with van der Waals surface area (Å²) in [5.74, 6) is -1.57. The standard InChI is InChI=1S/C19H15ClF3NO7.C17H21NO2/c1-3-29-17(25)10(2)30-18(26)13-9-12(5-6-15(13)24(27)28)31-16-7-4-11(8-14(16)20)19(21,22)23;1-4-18(5-2)17(19)13(3)20-16-12-8-10-14-9-6-7-11-15(14)16/h4-10H,3H2,1-2H3;6-13H,4-5H2,1-3H3. The van der Waals surface area contributed by atoms with Crippen LogP contribution < -0.4 is 9.47 Å². The Bertz CT molecular complexity index is 1860. The molecule has 0 heterocycles. The van der Waals surface area contributed by atoms with Gasteiger partial charge in [-0.15, -0.1) is 0 Å². The number of hydrogen-bond acceptors (Lipinski definition) is 9. The van der Waals surface area contributed by atoms with Gasteiger partial charge in [0.15, 0.2) is 12.2 Å². The lowest BCUT2D eigenvalue weighted by molar-refractivity contribution is -0.385. The maximum atomic E-state index is 12.8. The second kappa shape index (κ2) is 18.0. The summed E-state index contributed by atoms with van der Waals surface area (Å²) in [7, 11) is 0. The zero-order valence-electron chi connectivity index (χ0n) is 28.4. The van der Waals surface area contributed by atoms with Gasteiger partial charge in [-0.25, -0.2) is 9.59 Å². The molecule has 51 heavy (non-hydrogen) atoms. The van der Waals surface area contributed by atoms with Crippen LogP contribution in [-0.4, -0.2) is 59.6 Å². The van der Waals surface area contributed by atoms with Gasteiger partial charge in [0.05, 0.1) is 22.1 Å². The number of likely N-dealkylation sites (N-methyl/N-ethyl adjacent to an activating group) is 1. The molecule has 2 unspecified atom stereocenters. The molecule has 4 aromatic rings. The van der Waals surface area contributed by atoms with Crippen molar-refractivity contribution >= 4 is 45.9 Å². The Morgan fingerprint density at radius 1 is 0.882 bits per heavy atom. The average molecular weight is 733 g/mol. The number of carbonyl (C=O) groups is 3. The van der Waals surface area contributed by atoms with Crippen LogP contribution in [0.15, 0.2) is 78.9 Å². The van der Waals surface area contributed by atoms with Gasteiger partial charge in [0.25, 0.3) is 11.6 Å². The molecule has 272 valence electrons. The fourth-order valence-corrected chi connectivity index (χ4v) is 4.87. The number of carbonyl (C=O) groups excluding carboxylic acids is 3. The summed E-state index contributed by atoms with van der Waals surface area (Å²) in [6.45, 7) is 9.99. The molecule has 4 aromatic carbocycles. The summed E-state index contributed by atoms with van der Waals surface area (Å²) in [5.41, 5.74) is -2.17. The van der Waals surface area contributed by atoms with E-state index in [1.165, 1.54) is 6.92 Å². The van der Waals surface area contributed by atoms with Gasteiger partial charge in [0.1, 0.15) is 22.8 Å². The number of nitro groups is 1. The summed E-state index contributed by atoms with van der Waals surface area (Å²) in [6.07, 6.45) is -6.41. The van der Waals surface area contributed by atoms with Crippen molar-refractivity contribution in [2.24, 2.45) is 0 Å². The molecule has 0 aliphatic carbocycles. The number of rotatable bonds is 12. The van der Waals surface area contributed by atoms with Gasteiger partial charge in [-0.2, -0.15) is 13.2 Å². The van der Waals surface area contributed by atoms with Crippen molar-refractivity contribution in [2.75, 3.05) is 19.7 Å². The molecule has 0 aliphatic rings. The molecule has 0 aromatic heterocycles. The van der Waals surface area contributed by atoms with E-state index < -0.39 is 52.1 Å². The van der Waals surface area contributed by atoms with Crippen LogP contribution in [0.1, 0.15) is 50.5 Å². The van der Waals surface area contributed by atoms with Crippen LogP contribution in [0.4, 0.5) is 18.9 Å². The van der Waals surface area contributed by atoms with Crippen molar-refractivity contribution in [1.29, 1.82) is 0 Å². The summed E-state index contributed by atoms with van der Waals surface area (Å²) in [5, 5.41) is 13.0. The molecule has 2 atom stereocenters. The number of ether oxygens (including phenoxy) is 4. The Labute approximate surface area is 296 Å². The van der Waals surface area contributed by atoms with Crippen LogP contribution in [0.2, 0.25) is 5.02 Å². The molecular formula is C36H36ClF3N2O9. The first-order valence-electron chi connectivity index (χ1n) is 15.7. The number of fused-ring (bicyclic) bond motifs is 1. The van der Waals surface area contributed by atoms with Gasteiger partial charge in [-0.05, 0) is 70.3 Å². The topological polar surface area (TPSA) is 135 Å². The number of nitro benzene ring substituents is 1. The Kier molecular flexibility index (Phi) is 14.2. The van der Waals surface area contributed by atoms with E-state index in [9.17, 15) is 37.7 Å². The van der Waals surface area contributed by atoms with Crippen LogP contribution in [0.3, 0.4) is 0 Å². The van der Waals surface area contributed by atoms with Crippen molar-refractivity contribution in [2.45, 2.75) is 53.0 Å². The van der Waals surface area contributed by atoms with Crippen molar-refractivity contribution < 1.29 is 51.4 Å². The summed E-state index contributed by atoms with van der Waals surface area (Å²) in [4.78, 5) is 48.4. The first-order valence-corrected chi connectivity index (χ1v) is 16.1. The van der Waals surface area contributed by atoms with Gasteiger partial charge in [0, 0.05) is 30.6 Å². The third-order valence-corrected chi connectivity index (χ3v) is 7.55. The van der Waals surface area contributed by atoms with Gasteiger partial charge in [-0.3, -0.25) is 14.9 Å². The Morgan fingerprint density at radius 3 is 2.16 bits per heavy atom. The number of esters is 2. The molecule has 1 amide bonds. The predicted molar refractivity (Wildman–Crippen MR) is 183 cm³/mol. The second-order valence-corrected chi connectivity index (χ2v) is 11.1. The molecule has 0 N–H and O–H groups in total. The number of alkyl halides is 3. The van der Waals surface area contributed by atoms with E-state index >= 15 is 0 Å². The number of nitrogens with zero attached hydrogens (tertiary/aromatic N) is 2. The highest BCUT2D eigenvalue weighted by Gasteiger charge is 2.31. The van der Waals surface area contributed by atoms with E-state index in [4.69, 9.17) is 30.5 Å². The molecule has 0 bridgehead atoms. The predicted octanol–water partition coefficient (Wildman–Crippen LogP) is 8.64. The molecule has 0 fully saturated rings. The van der Waals surface area contributed by atoms with Gasteiger partial charge in [0.2, 0.25) is 0 Å². The Morgan fingerprint density at radius 2 is 1.55 bits per heavy atom. The lowest BCUT2D eigenvalue weighted by Crippen LogP contribution is -2.40. The minimum atomic E-state index is -4.61. The van der Waals surface area contributed by atoms with Crippen LogP contribution in [-0.2, 0) is 25.2 Å². The minimum absolute atomic E-state index is 0.0305. The maximum absolute atomic E-state index is 12.8. The fraction of sp³-hybridized carbons (Fsp3) is 0.306. The van der Waals surface area contributed by atoms with Crippen molar-refractivity contribution in [1.82, 2.24) is 4.90 Å². The largest absolute Gasteiger partial charge is 0.480 e. The molecule has 0 aliphatic heterocycles. The Hall–Kier alpha value is -5.37.